The Bertz CT molecular complexity index is 1090. The Hall–Kier alpha value is -2.75. The average Bonchev–Trinajstić information content (AvgIpc) is 3.72. The second-order valence-corrected chi connectivity index (χ2v) is 13.5. The van der Waals surface area contributed by atoms with Crippen LogP contribution in [0.4, 0.5) is 0 Å². The minimum Gasteiger partial charge on any atom is -0.469 e. The first-order valence-corrected chi connectivity index (χ1v) is 16.5. The molecule has 0 radical (unpaired) electrons. The van der Waals surface area contributed by atoms with E-state index >= 15 is 0 Å². The van der Waals surface area contributed by atoms with E-state index in [4.69, 9.17) is 14.2 Å². The molecule has 0 spiro atoms. The van der Waals surface area contributed by atoms with E-state index in [1.165, 1.54) is 7.11 Å². The minimum absolute atomic E-state index is 0.00571. The van der Waals surface area contributed by atoms with Crippen LogP contribution in [0.3, 0.4) is 0 Å². The Balaban J connectivity index is 1.78. The van der Waals surface area contributed by atoms with E-state index in [1.54, 1.807) is 38.0 Å². The summed E-state index contributed by atoms with van der Waals surface area (Å²) in [7, 11) is 6.17. The number of fused-ring (bicyclic) bond motifs is 1. The first kappa shape index (κ1) is 36.7. The number of ether oxygens (including phenoxy) is 3. The second-order valence-electron chi connectivity index (χ2n) is 13.5. The average molecular weight is 634 g/mol. The molecule has 1 aliphatic carbocycles. The lowest BCUT2D eigenvalue weighted by atomic mass is 9.82. The molecule has 12 heteroatoms. The number of amides is 3. The van der Waals surface area contributed by atoms with E-state index in [-0.39, 0.29) is 66.5 Å². The molecule has 4 fully saturated rings. The number of hydrogen-bond acceptors (Lipinski definition) is 9. The fourth-order valence-electron chi connectivity index (χ4n) is 7.78. The van der Waals surface area contributed by atoms with Gasteiger partial charge in [-0.2, -0.15) is 5.26 Å². The third-order valence-electron chi connectivity index (χ3n) is 10.6. The Labute approximate surface area is 269 Å². The first-order chi connectivity index (χ1) is 21.4. The molecule has 3 aliphatic heterocycles. The van der Waals surface area contributed by atoms with Gasteiger partial charge < -0.3 is 29.3 Å². The Morgan fingerprint density at radius 1 is 1.07 bits per heavy atom. The minimum atomic E-state index is -0.769. The SMILES string of the molecule is CC[C@H](C)[C@@H]([C@@H](CC(=O)N1CCC[C@H]1C(OC)C(C)C(=O)OC)OC)N(C)C(=O)[C@@H](NC(=O)[C@@H]1C2CC(C2)N1CC#N)C(C)C. The van der Waals surface area contributed by atoms with Crippen LogP contribution in [0.15, 0.2) is 0 Å². The molecule has 2 unspecified atom stereocenters. The van der Waals surface area contributed by atoms with Gasteiger partial charge in [-0.1, -0.05) is 34.1 Å². The maximum absolute atomic E-state index is 14.1. The van der Waals surface area contributed by atoms with Crippen LogP contribution in [0.25, 0.3) is 0 Å². The molecule has 3 amide bonds. The van der Waals surface area contributed by atoms with Crippen LogP contribution >= 0.6 is 0 Å². The van der Waals surface area contributed by atoms with E-state index in [1.807, 2.05) is 32.6 Å². The van der Waals surface area contributed by atoms with E-state index in [9.17, 15) is 24.4 Å². The van der Waals surface area contributed by atoms with Crippen molar-refractivity contribution in [3.8, 4) is 6.07 Å². The molecule has 3 heterocycles. The van der Waals surface area contributed by atoms with Gasteiger partial charge in [0.1, 0.15) is 6.04 Å². The predicted molar refractivity (Wildman–Crippen MR) is 168 cm³/mol. The molecule has 45 heavy (non-hydrogen) atoms. The number of esters is 1. The van der Waals surface area contributed by atoms with Crippen LogP contribution in [0.1, 0.15) is 73.1 Å². The first-order valence-electron chi connectivity index (χ1n) is 16.5. The van der Waals surface area contributed by atoms with Crippen molar-refractivity contribution in [2.75, 3.05) is 41.5 Å². The van der Waals surface area contributed by atoms with Crippen LogP contribution in [0.2, 0.25) is 0 Å². The Kier molecular flexibility index (Phi) is 13.2. The summed E-state index contributed by atoms with van der Waals surface area (Å²) in [6.45, 7) is 10.4. The van der Waals surface area contributed by atoms with Crippen molar-refractivity contribution in [2.45, 2.75) is 116 Å². The van der Waals surface area contributed by atoms with Crippen molar-refractivity contribution in [1.29, 1.82) is 5.26 Å². The van der Waals surface area contributed by atoms with Gasteiger partial charge >= 0.3 is 5.97 Å². The number of methoxy groups -OCH3 is 3. The standard InChI is InChI=1S/C33H55N5O7/c1-10-20(4)28(25(43-7)18-26(39)38-14-11-12-24(38)30(44-8)21(5)33(42)45-9)36(6)32(41)27(19(2)3)35-31(40)29-22-16-23(17-22)37(29)15-13-34/h19-25,27-30H,10-12,14-18H2,1-9H3,(H,35,40)/t20-,21?,22?,23?,24-,25+,27-,28-,29-,30?/m0/s1. The summed E-state index contributed by atoms with van der Waals surface area (Å²) in [5, 5.41) is 12.3. The summed E-state index contributed by atoms with van der Waals surface area (Å²) in [6.07, 6.45) is 3.00. The zero-order valence-corrected chi connectivity index (χ0v) is 28.7. The van der Waals surface area contributed by atoms with Gasteiger partial charge in [-0.15, -0.1) is 0 Å². The van der Waals surface area contributed by atoms with Crippen LogP contribution in [0.5, 0.6) is 0 Å². The van der Waals surface area contributed by atoms with Crippen molar-refractivity contribution in [3.63, 3.8) is 0 Å². The van der Waals surface area contributed by atoms with Gasteiger partial charge in [0.25, 0.3) is 0 Å². The molecule has 1 N–H and O–H groups in total. The molecule has 4 rings (SSSR count). The van der Waals surface area contributed by atoms with Gasteiger partial charge in [0.05, 0.1) is 62.4 Å². The highest BCUT2D eigenvalue weighted by atomic mass is 16.5. The number of rotatable bonds is 16. The van der Waals surface area contributed by atoms with Crippen LogP contribution in [-0.4, -0.2) is 122 Å². The molecule has 1 saturated carbocycles. The smallest absolute Gasteiger partial charge is 0.311 e. The van der Waals surface area contributed by atoms with Crippen molar-refractivity contribution in [3.05, 3.63) is 0 Å². The van der Waals surface area contributed by atoms with Gasteiger partial charge in [0.2, 0.25) is 17.7 Å². The summed E-state index contributed by atoms with van der Waals surface area (Å²) in [6, 6.07) is 0.564. The number of nitrogens with one attached hydrogen (secondary N) is 1. The molecule has 4 aliphatic rings. The number of hydrogen-bond donors (Lipinski definition) is 1. The molecule has 2 bridgehead atoms. The monoisotopic (exact) mass is 633 g/mol. The number of nitriles is 1. The third-order valence-corrected chi connectivity index (χ3v) is 10.6. The van der Waals surface area contributed by atoms with Gasteiger partial charge in [-0.25, -0.2) is 0 Å². The maximum Gasteiger partial charge on any atom is 0.311 e. The molecule has 254 valence electrons. The van der Waals surface area contributed by atoms with E-state index in [0.717, 1.165) is 25.7 Å². The third kappa shape index (κ3) is 7.80. The zero-order valence-electron chi connectivity index (χ0n) is 28.7. The Morgan fingerprint density at radius 3 is 2.27 bits per heavy atom. The highest BCUT2D eigenvalue weighted by Gasteiger charge is 2.54. The summed E-state index contributed by atoms with van der Waals surface area (Å²) >= 11 is 0. The molecule has 3 saturated heterocycles. The zero-order chi connectivity index (χ0) is 33.6. The van der Waals surface area contributed by atoms with Gasteiger partial charge in [0.15, 0.2) is 0 Å². The number of nitrogens with zero attached hydrogens (tertiary/aromatic N) is 4. The molecular formula is C33H55N5O7. The van der Waals surface area contributed by atoms with Crippen molar-refractivity contribution in [1.82, 2.24) is 20.0 Å². The molecule has 0 aromatic heterocycles. The number of carbonyl (C=O) groups is 4. The second kappa shape index (κ2) is 16.2. The van der Waals surface area contributed by atoms with E-state index in [2.05, 4.69) is 11.4 Å². The van der Waals surface area contributed by atoms with Crippen molar-refractivity contribution in [2.24, 2.45) is 23.7 Å². The van der Waals surface area contributed by atoms with Crippen LogP contribution in [-0.2, 0) is 33.4 Å². The molecule has 0 aromatic carbocycles. The molecular weight excluding hydrogens is 578 g/mol. The van der Waals surface area contributed by atoms with E-state index < -0.39 is 36.3 Å². The lowest BCUT2D eigenvalue weighted by molar-refractivity contribution is -0.154. The van der Waals surface area contributed by atoms with Crippen molar-refractivity contribution < 1.29 is 33.4 Å². The molecule has 8 atom stereocenters. The van der Waals surface area contributed by atoms with Crippen LogP contribution < -0.4 is 5.32 Å². The van der Waals surface area contributed by atoms with Gasteiger partial charge in [-0.05, 0) is 50.4 Å². The lowest BCUT2D eigenvalue weighted by Gasteiger charge is -2.41. The summed E-state index contributed by atoms with van der Waals surface area (Å²) in [5.41, 5.74) is 0. The lowest BCUT2D eigenvalue weighted by Crippen LogP contribution is -2.59. The number of likely N-dealkylation sites (N-methyl/N-ethyl adjacent to an activating group) is 1. The fourth-order valence-corrected chi connectivity index (χ4v) is 7.78. The summed E-state index contributed by atoms with van der Waals surface area (Å²) in [5.74, 6) is -1.47. The van der Waals surface area contributed by atoms with Crippen LogP contribution in [0, 0.1) is 35.0 Å². The maximum atomic E-state index is 14.1. The predicted octanol–water partition coefficient (Wildman–Crippen LogP) is 2.21. The fraction of sp³-hybridized carbons (Fsp3) is 0.848. The summed E-state index contributed by atoms with van der Waals surface area (Å²) < 4.78 is 16.6. The molecule has 12 nitrogen and oxygen atoms in total. The summed E-state index contributed by atoms with van der Waals surface area (Å²) in [4.78, 5) is 59.2. The highest BCUT2D eigenvalue weighted by molar-refractivity contribution is 5.91. The normalized spacial score (nSPS) is 26.6. The largest absolute Gasteiger partial charge is 0.469 e. The number of carbonyl (C=O) groups excluding carboxylic acids is 4. The quantitative estimate of drug-likeness (QED) is 0.200. The van der Waals surface area contributed by atoms with Gasteiger partial charge in [-0.3, -0.25) is 24.1 Å². The van der Waals surface area contributed by atoms with E-state index in [0.29, 0.717) is 13.0 Å². The van der Waals surface area contributed by atoms with Gasteiger partial charge in [0, 0.05) is 33.9 Å². The topological polar surface area (TPSA) is 142 Å². The molecule has 0 aromatic rings. The Morgan fingerprint density at radius 2 is 1.73 bits per heavy atom. The highest BCUT2D eigenvalue weighted by Crippen LogP contribution is 2.45. The van der Waals surface area contributed by atoms with Crippen molar-refractivity contribution >= 4 is 23.7 Å². The number of likely N-dealkylation sites (tertiary alicyclic amines) is 1.